The standard InChI is InChI=1S/C15H27N3O2S/c1-4-14-13(7-9-16-6-3)15(5-2)18(17-14)12-8-10-21(19,20)11-12/h12,16H,4-11H2,1-3H3. The predicted molar refractivity (Wildman–Crippen MR) is 85.5 cm³/mol. The van der Waals surface area contributed by atoms with Crippen molar-refractivity contribution in [1.29, 1.82) is 0 Å². The first-order valence-corrected chi connectivity index (χ1v) is 9.84. The van der Waals surface area contributed by atoms with E-state index in [1.165, 1.54) is 11.3 Å². The van der Waals surface area contributed by atoms with Crippen LogP contribution in [0.5, 0.6) is 0 Å². The number of aryl methyl sites for hydroxylation is 1. The topological polar surface area (TPSA) is 64.0 Å². The van der Waals surface area contributed by atoms with E-state index < -0.39 is 9.84 Å². The number of likely N-dealkylation sites (N-methyl/N-ethyl adjacent to an activating group) is 1. The molecule has 0 bridgehead atoms. The van der Waals surface area contributed by atoms with Crippen LogP contribution in [-0.2, 0) is 29.1 Å². The SMILES string of the molecule is CCNCCc1c(CC)nn(C2CCS(=O)(=O)C2)c1CC. The molecule has 1 unspecified atom stereocenters. The van der Waals surface area contributed by atoms with Crippen LogP contribution in [0.25, 0.3) is 0 Å². The van der Waals surface area contributed by atoms with Crippen molar-refractivity contribution in [2.24, 2.45) is 0 Å². The zero-order valence-corrected chi connectivity index (χ0v) is 14.2. The maximum atomic E-state index is 11.7. The third-order valence-corrected chi connectivity index (χ3v) is 5.98. The van der Waals surface area contributed by atoms with E-state index in [-0.39, 0.29) is 11.8 Å². The lowest BCUT2D eigenvalue weighted by Gasteiger charge is -2.13. The van der Waals surface area contributed by atoms with Crippen molar-refractivity contribution in [3.05, 3.63) is 17.0 Å². The smallest absolute Gasteiger partial charge is 0.152 e. The van der Waals surface area contributed by atoms with Crippen molar-refractivity contribution in [1.82, 2.24) is 15.1 Å². The molecule has 1 N–H and O–H groups in total. The number of nitrogens with one attached hydrogen (secondary N) is 1. The van der Waals surface area contributed by atoms with Gasteiger partial charge in [-0.1, -0.05) is 20.8 Å². The molecule has 0 spiro atoms. The molecule has 1 aliphatic rings. The van der Waals surface area contributed by atoms with E-state index >= 15 is 0 Å². The maximum Gasteiger partial charge on any atom is 0.152 e. The van der Waals surface area contributed by atoms with Gasteiger partial charge in [-0.2, -0.15) is 5.10 Å². The number of hydrogen-bond acceptors (Lipinski definition) is 4. The molecular formula is C15H27N3O2S. The third kappa shape index (κ3) is 3.66. The van der Waals surface area contributed by atoms with Crippen molar-refractivity contribution in [2.45, 2.75) is 52.5 Å². The summed E-state index contributed by atoms with van der Waals surface area (Å²) in [5.74, 6) is 0.548. The van der Waals surface area contributed by atoms with E-state index in [0.717, 1.165) is 38.0 Å². The maximum absolute atomic E-state index is 11.7. The van der Waals surface area contributed by atoms with Gasteiger partial charge in [0.25, 0.3) is 0 Å². The molecule has 2 heterocycles. The predicted octanol–water partition coefficient (Wildman–Crippen LogP) is 1.52. The molecule has 1 fully saturated rings. The molecule has 1 aliphatic heterocycles. The fourth-order valence-electron chi connectivity index (χ4n) is 3.16. The second-order valence-electron chi connectivity index (χ2n) is 5.68. The minimum Gasteiger partial charge on any atom is -0.317 e. The van der Waals surface area contributed by atoms with Crippen LogP contribution in [0, 0.1) is 0 Å². The zero-order valence-electron chi connectivity index (χ0n) is 13.4. The van der Waals surface area contributed by atoms with Crippen molar-refractivity contribution in [2.75, 3.05) is 24.6 Å². The van der Waals surface area contributed by atoms with Gasteiger partial charge in [0.1, 0.15) is 0 Å². The molecule has 0 amide bonds. The van der Waals surface area contributed by atoms with E-state index in [4.69, 9.17) is 5.10 Å². The molecule has 1 aromatic heterocycles. The van der Waals surface area contributed by atoms with Crippen LogP contribution < -0.4 is 5.32 Å². The van der Waals surface area contributed by atoms with Crippen LogP contribution in [0.4, 0.5) is 0 Å². The first-order valence-electron chi connectivity index (χ1n) is 8.02. The van der Waals surface area contributed by atoms with E-state index in [0.29, 0.717) is 12.2 Å². The summed E-state index contributed by atoms with van der Waals surface area (Å²) in [6, 6.07) is 0.0307. The summed E-state index contributed by atoms with van der Waals surface area (Å²) in [6.45, 7) is 8.28. The second kappa shape index (κ2) is 6.92. The largest absolute Gasteiger partial charge is 0.317 e. The Labute approximate surface area is 128 Å². The molecule has 1 saturated heterocycles. The zero-order chi connectivity index (χ0) is 15.5. The van der Waals surface area contributed by atoms with Gasteiger partial charge in [-0.3, -0.25) is 4.68 Å². The highest BCUT2D eigenvalue weighted by atomic mass is 32.2. The Morgan fingerprint density at radius 1 is 1.29 bits per heavy atom. The van der Waals surface area contributed by atoms with E-state index in [2.05, 4.69) is 26.1 Å². The van der Waals surface area contributed by atoms with Gasteiger partial charge in [0.05, 0.1) is 23.2 Å². The van der Waals surface area contributed by atoms with Crippen molar-refractivity contribution >= 4 is 9.84 Å². The van der Waals surface area contributed by atoms with Crippen molar-refractivity contribution in [3.63, 3.8) is 0 Å². The minimum absolute atomic E-state index is 0.0307. The summed E-state index contributed by atoms with van der Waals surface area (Å²) < 4.78 is 25.5. The van der Waals surface area contributed by atoms with Crippen LogP contribution in [0.2, 0.25) is 0 Å². The van der Waals surface area contributed by atoms with Crippen molar-refractivity contribution in [3.8, 4) is 0 Å². The van der Waals surface area contributed by atoms with Crippen LogP contribution >= 0.6 is 0 Å². The highest BCUT2D eigenvalue weighted by molar-refractivity contribution is 7.91. The minimum atomic E-state index is -2.87. The first-order chi connectivity index (χ1) is 10.0. The lowest BCUT2D eigenvalue weighted by atomic mass is 10.1. The van der Waals surface area contributed by atoms with E-state index in [1.54, 1.807) is 0 Å². The monoisotopic (exact) mass is 313 g/mol. The van der Waals surface area contributed by atoms with Gasteiger partial charge in [-0.15, -0.1) is 0 Å². The molecule has 1 atom stereocenters. The summed E-state index contributed by atoms with van der Waals surface area (Å²) >= 11 is 0. The van der Waals surface area contributed by atoms with Gasteiger partial charge < -0.3 is 5.32 Å². The van der Waals surface area contributed by atoms with Crippen molar-refractivity contribution < 1.29 is 8.42 Å². The number of hydrogen-bond donors (Lipinski definition) is 1. The highest BCUT2D eigenvalue weighted by Crippen LogP contribution is 2.28. The molecule has 5 nitrogen and oxygen atoms in total. The Morgan fingerprint density at radius 2 is 2.05 bits per heavy atom. The molecule has 0 aliphatic carbocycles. The molecule has 120 valence electrons. The number of aromatic nitrogens is 2. The van der Waals surface area contributed by atoms with E-state index in [1.807, 2.05) is 4.68 Å². The molecule has 0 saturated carbocycles. The van der Waals surface area contributed by atoms with Gasteiger partial charge in [0.2, 0.25) is 0 Å². The normalized spacial score (nSPS) is 21.0. The molecular weight excluding hydrogens is 286 g/mol. The van der Waals surface area contributed by atoms with Gasteiger partial charge in [0, 0.05) is 5.69 Å². The van der Waals surface area contributed by atoms with Crippen LogP contribution in [-0.4, -0.2) is 42.8 Å². The molecule has 0 aromatic carbocycles. The summed E-state index contributed by atoms with van der Waals surface area (Å²) in [5.41, 5.74) is 3.69. The van der Waals surface area contributed by atoms with Crippen LogP contribution in [0.3, 0.4) is 0 Å². The summed E-state index contributed by atoms with van der Waals surface area (Å²) in [6.07, 6.45) is 3.48. The Morgan fingerprint density at radius 3 is 2.57 bits per heavy atom. The third-order valence-electron chi connectivity index (χ3n) is 4.23. The number of sulfone groups is 1. The van der Waals surface area contributed by atoms with E-state index in [9.17, 15) is 8.42 Å². The summed E-state index contributed by atoms with van der Waals surface area (Å²) in [4.78, 5) is 0. The first kappa shape index (κ1) is 16.5. The molecule has 6 heteroatoms. The lowest BCUT2D eigenvalue weighted by Crippen LogP contribution is -2.18. The highest BCUT2D eigenvalue weighted by Gasteiger charge is 2.32. The average Bonchev–Trinajstić information content (AvgIpc) is 2.98. The number of nitrogens with zero attached hydrogens (tertiary/aromatic N) is 2. The molecule has 2 rings (SSSR count). The molecule has 0 radical (unpaired) electrons. The summed E-state index contributed by atoms with van der Waals surface area (Å²) in [7, 11) is -2.87. The lowest BCUT2D eigenvalue weighted by molar-refractivity contribution is 0.477. The summed E-state index contributed by atoms with van der Waals surface area (Å²) in [5, 5.41) is 8.11. The Kier molecular flexibility index (Phi) is 5.43. The quantitative estimate of drug-likeness (QED) is 0.775. The fourth-order valence-corrected chi connectivity index (χ4v) is 4.86. The Bertz CT molecular complexity index is 578. The van der Waals surface area contributed by atoms with Gasteiger partial charge in [-0.05, 0) is 44.3 Å². The van der Waals surface area contributed by atoms with Gasteiger partial charge in [0.15, 0.2) is 9.84 Å². The number of rotatable bonds is 7. The molecule has 21 heavy (non-hydrogen) atoms. The van der Waals surface area contributed by atoms with Gasteiger partial charge in [-0.25, -0.2) is 8.42 Å². The Hall–Kier alpha value is -0.880. The van der Waals surface area contributed by atoms with Crippen LogP contribution in [0.15, 0.2) is 0 Å². The van der Waals surface area contributed by atoms with Gasteiger partial charge >= 0.3 is 0 Å². The average molecular weight is 313 g/mol. The Balaban J connectivity index is 2.29. The second-order valence-corrected chi connectivity index (χ2v) is 7.91. The van der Waals surface area contributed by atoms with Crippen LogP contribution in [0.1, 0.15) is 50.2 Å². The fraction of sp³-hybridized carbons (Fsp3) is 0.800. The molecule has 1 aromatic rings.